The van der Waals surface area contributed by atoms with E-state index >= 15 is 0 Å². The van der Waals surface area contributed by atoms with Crippen molar-refractivity contribution < 1.29 is 0 Å². The van der Waals surface area contributed by atoms with E-state index in [1.807, 2.05) is 11.8 Å². The van der Waals surface area contributed by atoms with E-state index in [0.29, 0.717) is 6.04 Å². The quantitative estimate of drug-likeness (QED) is 0.769. The third kappa shape index (κ3) is 1.95. The zero-order valence-electron chi connectivity index (χ0n) is 9.31. The average Bonchev–Trinajstić information content (AvgIpc) is 2.51. The van der Waals surface area contributed by atoms with Gasteiger partial charge in [-0.3, -0.25) is 0 Å². The van der Waals surface area contributed by atoms with E-state index in [0.717, 1.165) is 5.92 Å². The first kappa shape index (κ1) is 10.4. The molecule has 0 radical (unpaired) electrons. The molecule has 2 aliphatic rings. The summed E-state index contributed by atoms with van der Waals surface area (Å²) in [6.07, 6.45) is 9.08. The number of nitrogens with one attached hydrogen (secondary N) is 1. The Kier molecular flexibility index (Phi) is 3.42. The molecule has 0 aromatic rings. The van der Waals surface area contributed by atoms with Gasteiger partial charge in [-0.15, -0.1) is 0 Å². The van der Waals surface area contributed by atoms with E-state index < -0.39 is 0 Å². The van der Waals surface area contributed by atoms with Gasteiger partial charge in [0, 0.05) is 17.7 Å². The van der Waals surface area contributed by atoms with Gasteiger partial charge in [0.05, 0.1) is 0 Å². The SMILES string of the molecule is CSCC[C@H]1C2=C(CCCC2)NC1C. The number of rotatable bonds is 3. The van der Waals surface area contributed by atoms with Crippen LogP contribution in [0.15, 0.2) is 11.3 Å². The summed E-state index contributed by atoms with van der Waals surface area (Å²) < 4.78 is 0. The Bertz CT molecular complexity index is 234. The Hall–Kier alpha value is -0.110. The van der Waals surface area contributed by atoms with Crippen LogP contribution in [-0.2, 0) is 0 Å². The largest absolute Gasteiger partial charge is 0.385 e. The highest BCUT2D eigenvalue weighted by Crippen LogP contribution is 2.37. The van der Waals surface area contributed by atoms with Crippen molar-refractivity contribution in [2.24, 2.45) is 5.92 Å². The molecule has 0 aromatic carbocycles. The number of thioether (sulfide) groups is 1. The van der Waals surface area contributed by atoms with Crippen LogP contribution in [-0.4, -0.2) is 18.1 Å². The second-order valence-electron chi connectivity index (χ2n) is 4.53. The van der Waals surface area contributed by atoms with Gasteiger partial charge in [-0.1, -0.05) is 0 Å². The zero-order valence-corrected chi connectivity index (χ0v) is 10.1. The highest BCUT2D eigenvalue weighted by molar-refractivity contribution is 7.98. The van der Waals surface area contributed by atoms with Gasteiger partial charge in [0.15, 0.2) is 0 Å². The van der Waals surface area contributed by atoms with E-state index in [2.05, 4.69) is 18.5 Å². The molecule has 2 heteroatoms. The Morgan fingerprint density at radius 3 is 2.93 bits per heavy atom. The van der Waals surface area contributed by atoms with Crippen LogP contribution >= 0.6 is 11.8 Å². The van der Waals surface area contributed by atoms with Crippen LogP contribution in [0, 0.1) is 5.92 Å². The average molecular weight is 211 g/mol. The molecule has 1 nitrogen and oxygen atoms in total. The van der Waals surface area contributed by atoms with Crippen molar-refractivity contribution in [3.63, 3.8) is 0 Å². The predicted molar refractivity (Wildman–Crippen MR) is 64.6 cm³/mol. The Morgan fingerprint density at radius 1 is 1.36 bits per heavy atom. The van der Waals surface area contributed by atoms with E-state index in [9.17, 15) is 0 Å². The summed E-state index contributed by atoms with van der Waals surface area (Å²) in [5.74, 6) is 2.16. The third-order valence-corrected chi connectivity index (χ3v) is 4.24. The second-order valence-corrected chi connectivity index (χ2v) is 5.52. The molecule has 1 aliphatic heterocycles. The van der Waals surface area contributed by atoms with Crippen LogP contribution in [0.3, 0.4) is 0 Å². The number of hydrogen-bond acceptors (Lipinski definition) is 2. The number of allylic oxidation sites excluding steroid dienone is 1. The molecule has 0 amide bonds. The fraction of sp³-hybridized carbons (Fsp3) is 0.833. The molecule has 0 fully saturated rings. The lowest BCUT2D eigenvalue weighted by Gasteiger charge is -2.19. The molecule has 80 valence electrons. The van der Waals surface area contributed by atoms with Crippen LogP contribution in [0.5, 0.6) is 0 Å². The van der Waals surface area contributed by atoms with Crippen molar-refractivity contribution in [1.29, 1.82) is 0 Å². The molecule has 0 saturated carbocycles. The maximum atomic E-state index is 3.69. The third-order valence-electron chi connectivity index (χ3n) is 3.60. The molecular formula is C12H21NS. The van der Waals surface area contributed by atoms with Crippen molar-refractivity contribution in [1.82, 2.24) is 5.32 Å². The summed E-state index contributed by atoms with van der Waals surface area (Å²) in [5, 5.41) is 3.69. The molecular weight excluding hydrogens is 190 g/mol. The number of hydrogen-bond donors (Lipinski definition) is 1. The van der Waals surface area contributed by atoms with Gasteiger partial charge in [-0.25, -0.2) is 0 Å². The summed E-state index contributed by atoms with van der Waals surface area (Å²) >= 11 is 1.98. The Morgan fingerprint density at radius 2 is 2.14 bits per heavy atom. The minimum atomic E-state index is 0.699. The van der Waals surface area contributed by atoms with E-state index in [1.54, 1.807) is 11.3 Å². The first-order valence-electron chi connectivity index (χ1n) is 5.80. The summed E-state index contributed by atoms with van der Waals surface area (Å²) in [7, 11) is 0. The van der Waals surface area contributed by atoms with Gasteiger partial charge in [-0.05, 0) is 56.6 Å². The minimum absolute atomic E-state index is 0.699. The van der Waals surface area contributed by atoms with Gasteiger partial charge in [0.1, 0.15) is 0 Å². The summed E-state index contributed by atoms with van der Waals surface area (Å²) in [5.41, 5.74) is 3.38. The van der Waals surface area contributed by atoms with Crippen molar-refractivity contribution >= 4 is 11.8 Å². The van der Waals surface area contributed by atoms with Crippen LogP contribution in [0.2, 0.25) is 0 Å². The molecule has 1 heterocycles. The van der Waals surface area contributed by atoms with Crippen LogP contribution in [0.25, 0.3) is 0 Å². The van der Waals surface area contributed by atoms with Gasteiger partial charge >= 0.3 is 0 Å². The molecule has 0 bridgehead atoms. The van der Waals surface area contributed by atoms with Crippen LogP contribution < -0.4 is 5.32 Å². The van der Waals surface area contributed by atoms with Crippen LogP contribution in [0.1, 0.15) is 39.0 Å². The molecule has 0 aromatic heterocycles. The van der Waals surface area contributed by atoms with Gasteiger partial charge in [-0.2, -0.15) is 11.8 Å². The standard InChI is InChI=1S/C12H21NS/c1-9-10(7-8-14-2)11-5-3-4-6-12(11)13-9/h9-10,13H,3-8H2,1-2H3/t9?,10-/m1/s1. The Balaban J connectivity index is 2.03. The fourth-order valence-corrected chi connectivity index (χ4v) is 3.34. The molecule has 0 spiro atoms. The maximum absolute atomic E-state index is 3.69. The van der Waals surface area contributed by atoms with Crippen molar-refractivity contribution in [3.05, 3.63) is 11.3 Å². The lowest BCUT2D eigenvalue weighted by Crippen LogP contribution is -2.25. The topological polar surface area (TPSA) is 12.0 Å². The lowest BCUT2D eigenvalue weighted by molar-refractivity contribution is 0.480. The first-order valence-corrected chi connectivity index (χ1v) is 7.19. The normalized spacial score (nSPS) is 31.6. The minimum Gasteiger partial charge on any atom is -0.385 e. The van der Waals surface area contributed by atoms with Crippen molar-refractivity contribution in [2.75, 3.05) is 12.0 Å². The molecule has 1 aliphatic carbocycles. The van der Waals surface area contributed by atoms with Gasteiger partial charge < -0.3 is 5.32 Å². The monoisotopic (exact) mass is 211 g/mol. The molecule has 0 saturated heterocycles. The predicted octanol–water partition coefficient (Wildman–Crippen LogP) is 3.18. The fourth-order valence-electron chi connectivity index (χ4n) is 2.85. The molecule has 2 rings (SSSR count). The molecule has 1 unspecified atom stereocenters. The molecule has 2 atom stereocenters. The van der Waals surface area contributed by atoms with Crippen LogP contribution in [0.4, 0.5) is 0 Å². The smallest absolute Gasteiger partial charge is 0.0296 e. The summed E-state index contributed by atoms with van der Waals surface area (Å²) in [6.45, 7) is 2.35. The van der Waals surface area contributed by atoms with Crippen molar-refractivity contribution in [3.8, 4) is 0 Å². The van der Waals surface area contributed by atoms with E-state index in [-0.39, 0.29) is 0 Å². The molecule has 1 N–H and O–H groups in total. The maximum Gasteiger partial charge on any atom is 0.0296 e. The van der Waals surface area contributed by atoms with Gasteiger partial charge in [0.2, 0.25) is 0 Å². The molecule has 14 heavy (non-hydrogen) atoms. The van der Waals surface area contributed by atoms with Crippen molar-refractivity contribution in [2.45, 2.75) is 45.1 Å². The first-order chi connectivity index (χ1) is 6.83. The summed E-state index contributed by atoms with van der Waals surface area (Å²) in [6, 6.07) is 0.699. The second kappa shape index (κ2) is 4.61. The highest BCUT2D eigenvalue weighted by Gasteiger charge is 2.31. The zero-order chi connectivity index (χ0) is 9.97. The lowest BCUT2D eigenvalue weighted by atomic mass is 9.86. The Labute approximate surface area is 91.7 Å². The highest BCUT2D eigenvalue weighted by atomic mass is 32.2. The summed E-state index contributed by atoms with van der Waals surface area (Å²) in [4.78, 5) is 0. The van der Waals surface area contributed by atoms with E-state index in [1.165, 1.54) is 37.9 Å². The van der Waals surface area contributed by atoms with Gasteiger partial charge in [0.25, 0.3) is 0 Å². The van der Waals surface area contributed by atoms with E-state index in [4.69, 9.17) is 0 Å².